The van der Waals surface area contributed by atoms with Crippen LogP contribution in [0.4, 0.5) is 0 Å². The first-order valence-electron chi connectivity index (χ1n) is 5.07. The Morgan fingerprint density at radius 3 is 3.13 bits per heavy atom. The minimum atomic E-state index is 0.0594. The molecule has 0 saturated carbocycles. The third-order valence-electron chi connectivity index (χ3n) is 2.53. The summed E-state index contributed by atoms with van der Waals surface area (Å²) < 4.78 is 10.5. The van der Waals surface area contributed by atoms with Gasteiger partial charge in [-0.05, 0) is 25.5 Å². The normalized spacial score (nSPS) is 25.7. The predicted octanol–water partition coefficient (Wildman–Crippen LogP) is 2.37. The van der Waals surface area contributed by atoms with Crippen molar-refractivity contribution in [3.8, 4) is 0 Å². The van der Waals surface area contributed by atoms with Crippen molar-refractivity contribution >= 4 is 17.5 Å². The van der Waals surface area contributed by atoms with Gasteiger partial charge in [0.15, 0.2) is 5.76 Å². The summed E-state index contributed by atoms with van der Waals surface area (Å²) in [7, 11) is 0. The molecule has 15 heavy (non-hydrogen) atoms. The van der Waals surface area contributed by atoms with Crippen molar-refractivity contribution in [3.05, 3.63) is 24.2 Å². The monoisotopic (exact) mass is 226 g/mol. The van der Waals surface area contributed by atoms with Gasteiger partial charge in [0.2, 0.25) is 5.78 Å². The lowest BCUT2D eigenvalue weighted by molar-refractivity contribution is 0.0992. The van der Waals surface area contributed by atoms with Crippen molar-refractivity contribution in [1.82, 2.24) is 0 Å². The van der Waals surface area contributed by atoms with E-state index < -0.39 is 0 Å². The second kappa shape index (κ2) is 4.86. The molecule has 1 aliphatic rings. The quantitative estimate of drug-likeness (QED) is 0.739. The molecule has 2 heterocycles. The fraction of sp³-hybridized carbons (Fsp3) is 0.545. The van der Waals surface area contributed by atoms with Gasteiger partial charge >= 0.3 is 0 Å². The number of carbonyl (C=O) groups is 1. The molecule has 1 saturated heterocycles. The number of carbonyl (C=O) groups excluding carboxylic acids is 1. The summed E-state index contributed by atoms with van der Waals surface area (Å²) in [6.07, 6.45) is 2.83. The lowest BCUT2D eigenvalue weighted by Crippen LogP contribution is -2.16. The van der Waals surface area contributed by atoms with Crippen molar-refractivity contribution < 1.29 is 13.9 Å². The Morgan fingerprint density at radius 2 is 2.53 bits per heavy atom. The third-order valence-corrected chi connectivity index (χ3v) is 4.01. The highest BCUT2D eigenvalue weighted by Crippen LogP contribution is 2.26. The molecule has 1 aromatic heterocycles. The van der Waals surface area contributed by atoms with Gasteiger partial charge in [0, 0.05) is 11.9 Å². The fourth-order valence-corrected chi connectivity index (χ4v) is 2.74. The molecule has 0 radical (unpaired) electrons. The maximum atomic E-state index is 11.6. The van der Waals surface area contributed by atoms with Crippen molar-refractivity contribution in [2.75, 3.05) is 12.4 Å². The number of furan rings is 1. The standard InChI is InChI=1S/C11H14O3S/c1-8-11(4-6-13-8)15-7-9(12)10-3-2-5-14-10/h2-3,5,8,11H,4,6-7H2,1H3. The number of rotatable bonds is 4. The molecule has 0 bridgehead atoms. The number of hydrogen-bond donors (Lipinski definition) is 0. The highest BCUT2D eigenvalue weighted by molar-refractivity contribution is 8.00. The Balaban J connectivity index is 1.81. The predicted molar refractivity (Wildman–Crippen MR) is 59.3 cm³/mol. The number of Topliss-reactive ketones (excluding diaryl/α,β-unsaturated/α-hetero) is 1. The highest BCUT2D eigenvalue weighted by Gasteiger charge is 2.25. The van der Waals surface area contributed by atoms with E-state index in [1.54, 1.807) is 23.9 Å². The van der Waals surface area contributed by atoms with E-state index in [9.17, 15) is 4.79 Å². The summed E-state index contributed by atoms with van der Waals surface area (Å²) in [4.78, 5) is 11.6. The molecular weight excluding hydrogens is 212 g/mol. The van der Waals surface area contributed by atoms with Crippen LogP contribution < -0.4 is 0 Å². The van der Waals surface area contributed by atoms with Gasteiger partial charge in [-0.1, -0.05) is 0 Å². The van der Waals surface area contributed by atoms with Crippen LogP contribution in [0, 0.1) is 0 Å². The molecule has 2 atom stereocenters. The van der Waals surface area contributed by atoms with E-state index in [-0.39, 0.29) is 11.9 Å². The summed E-state index contributed by atoms with van der Waals surface area (Å²) >= 11 is 1.66. The summed E-state index contributed by atoms with van der Waals surface area (Å²) in [5, 5.41) is 0.448. The zero-order chi connectivity index (χ0) is 10.7. The summed E-state index contributed by atoms with van der Waals surface area (Å²) in [5.41, 5.74) is 0. The first kappa shape index (κ1) is 10.8. The number of hydrogen-bond acceptors (Lipinski definition) is 4. The molecule has 0 aromatic carbocycles. The van der Waals surface area contributed by atoms with Crippen LogP contribution in [0.2, 0.25) is 0 Å². The zero-order valence-corrected chi connectivity index (χ0v) is 9.46. The molecule has 0 N–H and O–H groups in total. The minimum absolute atomic E-state index is 0.0594. The van der Waals surface area contributed by atoms with Gasteiger partial charge in [0.25, 0.3) is 0 Å². The smallest absolute Gasteiger partial charge is 0.207 e. The van der Waals surface area contributed by atoms with E-state index in [1.807, 2.05) is 0 Å². The van der Waals surface area contributed by atoms with E-state index in [0.717, 1.165) is 13.0 Å². The summed E-state index contributed by atoms with van der Waals surface area (Å²) in [6.45, 7) is 2.87. The Kier molecular flexibility index (Phi) is 3.49. The molecular formula is C11H14O3S. The van der Waals surface area contributed by atoms with E-state index in [1.165, 1.54) is 6.26 Å². The maximum absolute atomic E-state index is 11.6. The van der Waals surface area contributed by atoms with Crippen LogP contribution in [0.15, 0.2) is 22.8 Å². The van der Waals surface area contributed by atoms with Gasteiger partial charge < -0.3 is 9.15 Å². The third kappa shape index (κ3) is 2.63. The SMILES string of the molecule is CC1OCCC1SCC(=O)c1ccco1. The number of ketones is 1. The van der Waals surface area contributed by atoms with E-state index in [0.29, 0.717) is 16.8 Å². The second-order valence-electron chi connectivity index (χ2n) is 3.61. The Labute approximate surface area is 93.2 Å². The minimum Gasteiger partial charge on any atom is -0.461 e. The lowest BCUT2D eigenvalue weighted by atomic mass is 10.3. The molecule has 1 aromatic rings. The molecule has 4 heteroatoms. The van der Waals surface area contributed by atoms with Gasteiger partial charge in [0.1, 0.15) is 0 Å². The largest absolute Gasteiger partial charge is 0.461 e. The van der Waals surface area contributed by atoms with Crippen LogP contribution in [-0.4, -0.2) is 29.5 Å². The maximum Gasteiger partial charge on any atom is 0.207 e. The molecule has 1 fully saturated rings. The van der Waals surface area contributed by atoms with Crippen molar-refractivity contribution in [2.24, 2.45) is 0 Å². The Bertz CT molecular complexity index is 321. The van der Waals surface area contributed by atoms with Gasteiger partial charge in [-0.25, -0.2) is 0 Å². The van der Waals surface area contributed by atoms with Gasteiger partial charge in [-0.2, -0.15) is 0 Å². The topological polar surface area (TPSA) is 39.4 Å². The number of ether oxygens (including phenoxy) is 1. The molecule has 2 unspecified atom stereocenters. The summed E-state index contributed by atoms with van der Waals surface area (Å²) in [6, 6.07) is 3.44. The first-order valence-corrected chi connectivity index (χ1v) is 6.12. The average Bonchev–Trinajstić information content (AvgIpc) is 2.85. The van der Waals surface area contributed by atoms with Crippen LogP contribution >= 0.6 is 11.8 Å². The summed E-state index contributed by atoms with van der Waals surface area (Å²) in [5.74, 6) is 0.990. The van der Waals surface area contributed by atoms with Crippen molar-refractivity contribution in [1.29, 1.82) is 0 Å². The van der Waals surface area contributed by atoms with E-state index in [4.69, 9.17) is 9.15 Å². The van der Waals surface area contributed by atoms with Gasteiger partial charge in [-0.3, -0.25) is 4.79 Å². The Hall–Kier alpha value is -0.740. The van der Waals surface area contributed by atoms with Gasteiger partial charge in [0.05, 0.1) is 18.1 Å². The lowest BCUT2D eigenvalue weighted by Gasteiger charge is -2.11. The molecule has 82 valence electrons. The molecule has 0 amide bonds. The van der Waals surface area contributed by atoms with Crippen LogP contribution in [0.1, 0.15) is 23.9 Å². The highest BCUT2D eigenvalue weighted by atomic mass is 32.2. The van der Waals surface area contributed by atoms with E-state index >= 15 is 0 Å². The zero-order valence-electron chi connectivity index (χ0n) is 8.64. The van der Waals surface area contributed by atoms with Crippen LogP contribution in [-0.2, 0) is 4.74 Å². The average molecular weight is 226 g/mol. The molecule has 1 aliphatic heterocycles. The van der Waals surface area contributed by atoms with Crippen LogP contribution in [0.3, 0.4) is 0 Å². The van der Waals surface area contributed by atoms with Crippen molar-refractivity contribution in [3.63, 3.8) is 0 Å². The molecule has 0 spiro atoms. The molecule has 2 rings (SSSR count). The van der Waals surface area contributed by atoms with Crippen molar-refractivity contribution in [2.45, 2.75) is 24.7 Å². The van der Waals surface area contributed by atoms with Gasteiger partial charge in [-0.15, -0.1) is 11.8 Å². The molecule has 3 nitrogen and oxygen atoms in total. The second-order valence-corrected chi connectivity index (χ2v) is 4.84. The van der Waals surface area contributed by atoms with Crippen LogP contribution in [0.5, 0.6) is 0 Å². The van der Waals surface area contributed by atoms with E-state index in [2.05, 4.69) is 6.92 Å². The Morgan fingerprint density at radius 1 is 1.67 bits per heavy atom. The fourth-order valence-electron chi connectivity index (χ4n) is 1.62. The first-order chi connectivity index (χ1) is 7.27. The number of thioether (sulfide) groups is 1. The molecule has 0 aliphatic carbocycles. The van der Waals surface area contributed by atoms with Crippen LogP contribution in [0.25, 0.3) is 0 Å².